The lowest BCUT2D eigenvalue weighted by Gasteiger charge is -2.24. The van der Waals surface area contributed by atoms with Gasteiger partial charge in [0, 0.05) is 13.1 Å². The monoisotopic (exact) mass is 353 g/mol. The molecule has 0 spiro atoms. The number of hydrogen-bond donors (Lipinski definition) is 1. The van der Waals surface area contributed by atoms with Crippen LogP contribution in [-0.2, 0) is 6.54 Å². The molecular weight excluding hydrogens is 337 g/mol. The Kier molecular flexibility index (Phi) is 5.07. The van der Waals surface area contributed by atoms with Gasteiger partial charge in [-0.25, -0.2) is 4.39 Å². The molecule has 0 unspecified atom stereocenters. The van der Waals surface area contributed by atoms with Crippen molar-refractivity contribution < 1.29 is 14.2 Å². The van der Waals surface area contributed by atoms with Gasteiger partial charge in [0.1, 0.15) is 5.82 Å². The van der Waals surface area contributed by atoms with Crippen molar-refractivity contribution in [2.24, 2.45) is 0 Å². The highest BCUT2D eigenvalue weighted by atomic mass is 79.9. The van der Waals surface area contributed by atoms with Crippen molar-refractivity contribution in [1.82, 2.24) is 0 Å². The highest BCUT2D eigenvalue weighted by molar-refractivity contribution is 9.10. The second-order valence-electron chi connectivity index (χ2n) is 4.59. The molecule has 0 heterocycles. The van der Waals surface area contributed by atoms with E-state index in [0.29, 0.717) is 29.0 Å². The summed E-state index contributed by atoms with van der Waals surface area (Å²) in [6, 6.07) is 10.3. The fraction of sp³-hybridized carbons (Fsp3) is 0.250. The summed E-state index contributed by atoms with van der Waals surface area (Å²) >= 11 is 3.30. The van der Waals surface area contributed by atoms with Gasteiger partial charge in [0.25, 0.3) is 0 Å². The van der Waals surface area contributed by atoms with E-state index in [2.05, 4.69) is 15.9 Å². The van der Waals surface area contributed by atoms with Gasteiger partial charge in [0.05, 0.1) is 17.3 Å². The molecule has 112 valence electrons. The van der Waals surface area contributed by atoms with E-state index >= 15 is 0 Å². The minimum absolute atomic E-state index is 0.0650. The molecule has 0 saturated carbocycles. The lowest BCUT2D eigenvalue weighted by molar-refractivity contribution is 0.371. The number of phenols is 1. The maximum absolute atomic E-state index is 13.9. The van der Waals surface area contributed by atoms with Crippen molar-refractivity contribution in [3.63, 3.8) is 0 Å². The average molecular weight is 354 g/mol. The zero-order valence-electron chi connectivity index (χ0n) is 11.9. The Morgan fingerprint density at radius 1 is 1.29 bits per heavy atom. The first-order chi connectivity index (χ1) is 10.1. The topological polar surface area (TPSA) is 32.7 Å². The summed E-state index contributed by atoms with van der Waals surface area (Å²) in [5, 5.41) is 9.83. The zero-order valence-corrected chi connectivity index (χ0v) is 13.5. The molecule has 2 aromatic rings. The minimum Gasteiger partial charge on any atom is -0.503 e. The van der Waals surface area contributed by atoms with Crippen LogP contribution >= 0.6 is 15.9 Å². The number of methoxy groups -OCH3 is 1. The van der Waals surface area contributed by atoms with Gasteiger partial charge in [0.2, 0.25) is 0 Å². The first-order valence-corrected chi connectivity index (χ1v) is 7.41. The normalized spacial score (nSPS) is 10.5. The number of phenolic OH excluding ortho intramolecular Hbond substituents is 1. The van der Waals surface area contributed by atoms with E-state index in [9.17, 15) is 9.50 Å². The summed E-state index contributed by atoms with van der Waals surface area (Å²) in [6.45, 7) is 3.16. The third kappa shape index (κ3) is 3.47. The van der Waals surface area contributed by atoms with E-state index in [0.717, 1.165) is 5.56 Å². The van der Waals surface area contributed by atoms with Crippen molar-refractivity contribution in [1.29, 1.82) is 0 Å². The second-order valence-corrected chi connectivity index (χ2v) is 5.45. The van der Waals surface area contributed by atoms with Crippen molar-refractivity contribution >= 4 is 21.6 Å². The third-order valence-electron chi connectivity index (χ3n) is 3.26. The first kappa shape index (κ1) is 15.6. The van der Waals surface area contributed by atoms with Crippen LogP contribution in [0.25, 0.3) is 0 Å². The molecule has 0 amide bonds. The number of hydrogen-bond acceptors (Lipinski definition) is 3. The van der Waals surface area contributed by atoms with Gasteiger partial charge in [-0.3, -0.25) is 0 Å². The maximum atomic E-state index is 13.9. The molecule has 2 rings (SSSR count). The highest BCUT2D eigenvalue weighted by Crippen LogP contribution is 2.36. The summed E-state index contributed by atoms with van der Waals surface area (Å²) in [5.74, 6) is 0.211. The van der Waals surface area contributed by atoms with E-state index < -0.39 is 0 Å². The Morgan fingerprint density at radius 2 is 2.00 bits per heavy atom. The van der Waals surface area contributed by atoms with Crippen LogP contribution in [-0.4, -0.2) is 18.8 Å². The summed E-state index contributed by atoms with van der Waals surface area (Å²) in [6.07, 6.45) is 0. The molecule has 0 aliphatic carbocycles. The molecule has 0 radical (unpaired) electrons. The number of nitrogens with zero attached hydrogens (tertiary/aromatic N) is 1. The number of para-hydroxylation sites is 1. The van der Waals surface area contributed by atoms with Crippen LogP contribution < -0.4 is 9.64 Å². The first-order valence-electron chi connectivity index (χ1n) is 6.61. The van der Waals surface area contributed by atoms with Crippen LogP contribution in [0.15, 0.2) is 40.9 Å². The van der Waals surface area contributed by atoms with Crippen LogP contribution in [0.5, 0.6) is 11.5 Å². The average Bonchev–Trinajstić information content (AvgIpc) is 2.49. The van der Waals surface area contributed by atoms with Crippen LogP contribution in [0.3, 0.4) is 0 Å². The summed E-state index contributed by atoms with van der Waals surface area (Å²) in [5.41, 5.74) is 1.48. The van der Waals surface area contributed by atoms with E-state index in [1.54, 1.807) is 24.3 Å². The molecule has 5 heteroatoms. The van der Waals surface area contributed by atoms with E-state index in [1.807, 2.05) is 17.9 Å². The fourth-order valence-electron chi connectivity index (χ4n) is 2.17. The Balaban J connectivity index is 2.31. The zero-order chi connectivity index (χ0) is 15.4. The highest BCUT2D eigenvalue weighted by Gasteiger charge is 2.13. The molecular formula is C16H17BrFNO2. The molecule has 0 aromatic heterocycles. The number of anilines is 1. The Hall–Kier alpha value is -1.75. The maximum Gasteiger partial charge on any atom is 0.172 e. The van der Waals surface area contributed by atoms with Crippen LogP contribution in [0.1, 0.15) is 12.5 Å². The number of ether oxygens (including phenoxy) is 1. The molecule has 0 saturated heterocycles. The molecule has 3 nitrogen and oxygen atoms in total. The van der Waals surface area contributed by atoms with Crippen molar-refractivity contribution in [2.75, 3.05) is 18.6 Å². The quantitative estimate of drug-likeness (QED) is 0.868. The van der Waals surface area contributed by atoms with Gasteiger partial charge in [-0.2, -0.15) is 0 Å². The van der Waals surface area contributed by atoms with Gasteiger partial charge in [-0.05, 0) is 52.7 Å². The van der Waals surface area contributed by atoms with Gasteiger partial charge in [-0.1, -0.05) is 12.1 Å². The second kappa shape index (κ2) is 6.80. The molecule has 0 bridgehead atoms. The molecule has 0 atom stereocenters. The number of aromatic hydroxyl groups is 1. The largest absolute Gasteiger partial charge is 0.503 e. The summed E-state index contributed by atoms with van der Waals surface area (Å²) < 4.78 is 19.6. The van der Waals surface area contributed by atoms with Crippen LogP contribution in [0, 0.1) is 5.82 Å². The lowest BCUT2D eigenvalue weighted by atomic mass is 10.1. The van der Waals surface area contributed by atoms with Crippen molar-refractivity contribution in [3.8, 4) is 11.5 Å². The molecule has 21 heavy (non-hydrogen) atoms. The Morgan fingerprint density at radius 3 is 2.62 bits per heavy atom. The number of halogens is 2. The molecule has 0 aliphatic rings. The third-order valence-corrected chi connectivity index (χ3v) is 3.86. The lowest BCUT2D eigenvalue weighted by Crippen LogP contribution is -2.23. The van der Waals surface area contributed by atoms with Crippen molar-refractivity contribution in [2.45, 2.75) is 13.5 Å². The predicted octanol–water partition coefficient (Wildman–Crippen LogP) is 4.33. The van der Waals surface area contributed by atoms with E-state index in [4.69, 9.17) is 4.74 Å². The molecule has 1 N–H and O–H groups in total. The summed E-state index contributed by atoms with van der Waals surface area (Å²) in [7, 11) is 1.50. The summed E-state index contributed by atoms with van der Waals surface area (Å²) in [4.78, 5) is 1.92. The van der Waals surface area contributed by atoms with Gasteiger partial charge in [0.15, 0.2) is 11.5 Å². The number of benzene rings is 2. The van der Waals surface area contributed by atoms with E-state index in [1.165, 1.54) is 13.2 Å². The van der Waals surface area contributed by atoms with E-state index in [-0.39, 0.29) is 11.6 Å². The Bertz CT molecular complexity index is 634. The van der Waals surface area contributed by atoms with Crippen LogP contribution in [0.2, 0.25) is 0 Å². The van der Waals surface area contributed by atoms with Crippen LogP contribution in [0.4, 0.5) is 10.1 Å². The fourth-order valence-corrected chi connectivity index (χ4v) is 2.66. The van der Waals surface area contributed by atoms with Gasteiger partial charge >= 0.3 is 0 Å². The van der Waals surface area contributed by atoms with Crippen molar-refractivity contribution in [3.05, 3.63) is 52.3 Å². The van der Waals surface area contributed by atoms with Gasteiger partial charge in [-0.15, -0.1) is 0 Å². The molecule has 0 aliphatic heterocycles. The SMILES string of the molecule is CCN(Cc1cc(Br)c(O)c(OC)c1)c1ccccc1F. The smallest absolute Gasteiger partial charge is 0.172 e. The molecule has 2 aromatic carbocycles. The predicted molar refractivity (Wildman–Crippen MR) is 85.5 cm³/mol. The number of rotatable bonds is 5. The molecule has 0 fully saturated rings. The standard InChI is InChI=1S/C16H17BrFNO2/c1-3-19(14-7-5-4-6-13(14)18)10-11-8-12(17)16(20)15(9-11)21-2/h4-9,20H,3,10H2,1-2H3. The minimum atomic E-state index is -0.246. The Labute approximate surface area is 132 Å². The van der Waals surface area contributed by atoms with Gasteiger partial charge < -0.3 is 14.7 Å².